The van der Waals surface area contributed by atoms with Crippen LogP contribution in [0.2, 0.25) is 0 Å². The Morgan fingerprint density at radius 1 is 1.15 bits per heavy atom. The number of fused-ring (bicyclic) bond motifs is 3. The van der Waals surface area contributed by atoms with Crippen LogP contribution in [0.3, 0.4) is 0 Å². The summed E-state index contributed by atoms with van der Waals surface area (Å²) in [6.07, 6.45) is 5.83. The second-order valence-corrected chi connectivity index (χ2v) is 7.21. The molecule has 116 valence electrons. The molecule has 0 radical (unpaired) electrons. The van der Waals surface area contributed by atoms with E-state index < -0.39 is 0 Å². The standard InChI is InChI=1S/C16H31N3O/c1-3-4-13-9-18(2)10-14(17)16(13)20-15-11-19-7-5-12(15)6-8-19/h12-16H,3-11,17H2,1-2H3/t13?,14?,15-,16?/m0/s1. The molecular formula is C16H31N3O. The molecule has 4 rings (SSSR count). The number of hydrogen-bond acceptors (Lipinski definition) is 4. The summed E-state index contributed by atoms with van der Waals surface area (Å²) in [7, 11) is 2.19. The van der Waals surface area contributed by atoms with Crippen molar-refractivity contribution >= 4 is 0 Å². The first-order chi connectivity index (χ1) is 9.67. The summed E-state index contributed by atoms with van der Waals surface area (Å²) < 4.78 is 6.60. The molecule has 4 aliphatic rings. The molecule has 0 spiro atoms. The fourth-order valence-electron chi connectivity index (χ4n) is 4.50. The lowest BCUT2D eigenvalue weighted by Gasteiger charge is -2.48. The molecule has 0 aliphatic carbocycles. The van der Waals surface area contributed by atoms with Crippen LogP contribution in [0, 0.1) is 11.8 Å². The van der Waals surface area contributed by atoms with Crippen molar-refractivity contribution in [1.29, 1.82) is 0 Å². The van der Waals surface area contributed by atoms with E-state index >= 15 is 0 Å². The minimum absolute atomic E-state index is 0.181. The lowest BCUT2D eigenvalue weighted by molar-refractivity contribution is -0.139. The molecule has 0 amide bonds. The molecule has 2 N–H and O–H groups in total. The van der Waals surface area contributed by atoms with Crippen LogP contribution in [0.4, 0.5) is 0 Å². The van der Waals surface area contributed by atoms with Gasteiger partial charge in [-0.3, -0.25) is 0 Å². The van der Waals surface area contributed by atoms with Crippen LogP contribution in [0.15, 0.2) is 0 Å². The van der Waals surface area contributed by atoms with Crippen molar-refractivity contribution in [2.75, 3.05) is 39.8 Å². The molecule has 4 fully saturated rings. The third-order valence-corrected chi connectivity index (χ3v) is 5.54. The maximum Gasteiger partial charge on any atom is 0.0783 e. The van der Waals surface area contributed by atoms with Gasteiger partial charge < -0.3 is 20.3 Å². The zero-order valence-electron chi connectivity index (χ0n) is 13.1. The van der Waals surface area contributed by atoms with Gasteiger partial charge in [-0.25, -0.2) is 0 Å². The van der Waals surface area contributed by atoms with Gasteiger partial charge in [0, 0.05) is 25.7 Å². The average molecular weight is 281 g/mol. The zero-order valence-corrected chi connectivity index (χ0v) is 13.1. The molecule has 4 heteroatoms. The van der Waals surface area contributed by atoms with E-state index in [1.807, 2.05) is 0 Å². The zero-order chi connectivity index (χ0) is 14.1. The van der Waals surface area contributed by atoms with Crippen molar-refractivity contribution in [3.63, 3.8) is 0 Å². The summed E-state index contributed by atoms with van der Waals surface area (Å²) in [6, 6.07) is 0.181. The van der Waals surface area contributed by atoms with Gasteiger partial charge in [0.15, 0.2) is 0 Å². The van der Waals surface area contributed by atoms with E-state index in [1.165, 1.54) is 38.8 Å². The van der Waals surface area contributed by atoms with Gasteiger partial charge in [0.05, 0.1) is 12.2 Å². The first-order valence-electron chi connectivity index (χ1n) is 8.49. The number of nitrogens with zero attached hydrogens (tertiary/aromatic N) is 2. The Labute approximate surface area is 123 Å². The van der Waals surface area contributed by atoms with Crippen molar-refractivity contribution < 1.29 is 4.74 Å². The largest absolute Gasteiger partial charge is 0.371 e. The monoisotopic (exact) mass is 281 g/mol. The summed E-state index contributed by atoms with van der Waals surface area (Å²) in [5, 5.41) is 0. The normalized spacial score (nSPS) is 45.8. The van der Waals surface area contributed by atoms with Crippen LogP contribution in [0.5, 0.6) is 0 Å². The van der Waals surface area contributed by atoms with Crippen LogP contribution in [-0.2, 0) is 4.74 Å². The van der Waals surface area contributed by atoms with Gasteiger partial charge in [0.2, 0.25) is 0 Å². The number of ether oxygens (including phenoxy) is 1. The fourth-order valence-corrected chi connectivity index (χ4v) is 4.50. The molecule has 0 aromatic carbocycles. The Hall–Kier alpha value is -0.160. The van der Waals surface area contributed by atoms with Crippen LogP contribution >= 0.6 is 0 Å². The number of likely N-dealkylation sites (N-methyl/N-ethyl adjacent to an activating group) is 1. The second-order valence-electron chi connectivity index (χ2n) is 7.21. The van der Waals surface area contributed by atoms with Crippen molar-refractivity contribution in [2.45, 2.75) is 50.9 Å². The summed E-state index contributed by atoms with van der Waals surface area (Å²) in [5.41, 5.74) is 6.43. The number of piperidine rings is 4. The number of rotatable bonds is 4. The highest BCUT2D eigenvalue weighted by Gasteiger charge is 2.40. The molecular weight excluding hydrogens is 250 g/mol. The molecule has 2 bridgehead atoms. The third kappa shape index (κ3) is 3.03. The summed E-state index contributed by atoms with van der Waals surface area (Å²) in [6.45, 7) is 8.10. The highest BCUT2D eigenvalue weighted by atomic mass is 16.5. The SMILES string of the molecule is CCCC1CN(C)CC(N)C1O[C@H]1CN2CCC1CC2. The second kappa shape index (κ2) is 6.30. The maximum atomic E-state index is 6.60. The third-order valence-electron chi connectivity index (χ3n) is 5.54. The molecule has 3 unspecified atom stereocenters. The lowest BCUT2D eigenvalue weighted by Crippen LogP contribution is -2.60. The molecule has 0 aromatic rings. The van der Waals surface area contributed by atoms with Gasteiger partial charge in [-0.1, -0.05) is 13.3 Å². The van der Waals surface area contributed by atoms with Crippen LogP contribution in [-0.4, -0.2) is 67.8 Å². The minimum Gasteiger partial charge on any atom is -0.371 e. The number of nitrogens with two attached hydrogens (primary N) is 1. The average Bonchev–Trinajstić information content (AvgIpc) is 2.44. The van der Waals surface area contributed by atoms with E-state index in [0.29, 0.717) is 12.0 Å². The quantitative estimate of drug-likeness (QED) is 0.839. The van der Waals surface area contributed by atoms with Crippen molar-refractivity contribution in [1.82, 2.24) is 9.80 Å². The molecule has 4 aliphatic heterocycles. The van der Waals surface area contributed by atoms with Gasteiger partial charge in [0.1, 0.15) is 0 Å². The van der Waals surface area contributed by atoms with Crippen LogP contribution < -0.4 is 5.73 Å². The predicted octanol–water partition coefficient (Wildman–Crippen LogP) is 1.15. The topological polar surface area (TPSA) is 41.7 Å². The molecule has 4 nitrogen and oxygen atoms in total. The van der Waals surface area contributed by atoms with Crippen molar-refractivity contribution in [3.05, 3.63) is 0 Å². The summed E-state index contributed by atoms with van der Waals surface area (Å²) in [5.74, 6) is 1.40. The Morgan fingerprint density at radius 2 is 1.90 bits per heavy atom. The van der Waals surface area contributed by atoms with Crippen molar-refractivity contribution in [3.8, 4) is 0 Å². The van der Waals surface area contributed by atoms with Gasteiger partial charge in [-0.05, 0) is 51.2 Å². The predicted molar refractivity (Wildman–Crippen MR) is 81.7 cm³/mol. The van der Waals surface area contributed by atoms with E-state index in [2.05, 4.69) is 23.8 Å². The molecule has 20 heavy (non-hydrogen) atoms. The van der Waals surface area contributed by atoms with E-state index in [9.17, 15) is 0 Å². The van der Waals surface area contributed by atoms with E-state index in [4.69, 9.17) is 10.5 Å². The maximum absolute atomic E-state index is 6.60. The Bertz CT molecular complexity index is 317. The van der Waals surface area contributed by atoms with Crippen molar-refractivity contribution in [2.24, 2.45) is 17.6 Å². The Balaban J connectivity index is 1.64. The number of likely N-dealkylation sites (tertiary alicyclic amines) is 1. The van der Waals surface area contributed by atoms with Crippen LogP contribution in [0.25, 0.3) is 0 Å². The number of hydrogen-bond donors (Lipinski definition) is 1. The molecule has 4 atom stereocenters. The minimum atomic E-state index is 0.181. The Morgan fingerprint density at radius 3 is 2.50 bits per heavy atom. The molecule has 0 saturated carbocycles. The van der Waals surface area contributed by atoms with Gasteiger partial charge >= 0.3 is 0 Å². The van der Waals surface area contributed by atoms with Gasteiger partial charge in [-0.15, -0.1) is 0 Å². The first-order valence-corrected chi connectivity index (χ1v) is 8.49. The highest BCUT2D eigenvalue weighted by molar-refractivity contribution is 4.93. The molecule has 4 saturated heterocycles. The molecule has 4 heterocycles. The van der Waals surface area contributed by atoms with Gasteiger partial charge in [0.25, 0.3) is 0 Å². The van der Waals surface area contributed by atoms with E-state index in [1.54, 1.807) is 0 Å². The summed E-state index contributed by atoms with van der Waals surface area (Å²) >= 11 is 0. The smallest absolute Gasteiger partial charge is 0.0783 e. The highest BCUT2D eigenvalue weighted by Crippen LogP contribution is 2.33. The Kier molecular flexibility index (Phi) is 4.65. The van der Waals surface area contributed by atoms with Gasteiger partial charge in [-0.2, -0.15) is 0 Å². The first kappa shape index (κ1) is 14.8. The van der Waals surface area contributed by atoms with E-state index in [-0.39, 0.29) is 12.1 Å². The lowest BCUT2D eigenvalue weighted by atomic mass is 9.84. The summed E-state index contributed by atoms with van der Waals surface area (Å²) in [4.78, 5) is 4.95. The molecule has 0 aromatic heterocycles. The van der Waals surface area contributed by atoms with Crippen LogP contribution in [0.1, 0.15) is 32.6 Å². The van der Waals surface area contributed by atoms with E-state index in [0.717, 1.165) is 25.6 Å². The fraction of sp³-hybridized carbons (Fsp3) is 1.00.